The first kappa shape index (κ1) is 17.6. The van der Waals surface area contributed by atoms with E-state index in [0.29, 0.717) is 30.0 Å². The Labute approximate surface area is 161 Å². The Morgan fingerprint density at radius 3 is 2.70 bits per heavy atom. The van der Waals surface area contributed by atoms with Crippen LogP contribution in [-0.2, 0) is 16.1 Å². The van der Waals surface area contributed by atoms with Crippen LogP contribution in [0.4, 0.5) is 11.4 Å². The number of hydrogen-bond donors (Lipinski definition) is 2. The normalized spacial score (nSPS) is 16.1. The lowest BCUT2D eigenvalue weighted by molar-refractivity contribution is -0.117. The fourth-order valence-electron chi connectivity index (χ4n) is 3.22. The number of thioether (sulfide) groups is 1. The van der Waals surface area contributed by atoms with Gasteiger partial charge in [-0.2, -0.15) is 0 Å². The predicted molar refractivity (Wildman–Crippen MR) is 105 cm³/mol. The number of carbonyl (C=O) groups excluding carboxylic acids is 3. The van der Waals surface area contributed by atoms with Crippen LogP contribution in [0.5, 0.6) is 0 Å². The van der Waals surface area contributed by atoms with Gasteiger partial charge >= 0.3 is 0 Å². The SMILES string of the molecule is O=C1CSc2ccc(C(=O)NCc3ccc(N4CCCC4=O)cc3)cc2N1. The van der Waals surface area contributed by atoms with Crippen molar-refractivity contribution in [3.8, 4) is 0 Å². The van der Waals surface area contributed by atoms with Gasteiger partial charge in [0.15, 0.2) is 0 Å². The fourth-order valence-corrected chi connectivity index (χ4v) is 4.01. The minimum absolute atomic E-state index is 0.0540. The van der Waals surface area contributed by atoms with E-state index in [1.165, 1.54) is 11.8 Å². The lowest BCUT2D eigenvalue weighted by atomic mass is 10.1. The van der Waals surface area contributed by atoms with Crippen LogP contribution in [-0.4, -0.2) is 30.0 Å². The zero-order valence-corrected chi connectivity index (χ0v) is 15.5. The van der Waals surface area contributed by atoms with Crippen molar-refractivity contribution in [3.63, 3.8) is 0 Å². The third-order valence-corrected chi connectivity index (χ3v) is 5.72. The predicted octanol–water partition coefficient (Wildman–Crippen LogP) is 2.79. The molecule has 0 spiro atoms. The van der Waals surface area contributed by atoms with Crippen molar-refractivity contribution >= 4 is 40.9 Å². The Morgan fingerprint density at radius 2 is 1.96 bits per heavy atom. The summed E-state index contributed by atoms with van der Waals surface area (Å²) in [6, 6.07) is 13.0. The summed E-state index contributed by atoms with van der Waals surface area (Å²) in [6.07, 6.45) is 1.51. The van der Waals surface area contributed by atoms with Crippen LogP contribution in [0.25, 0.3) is 0 Å². The van der Waals surface area contributed by atoms with Gasteiger partial charge in [-0.1, -0.05) is 12.1 Å². The summed E-state index contributed by atoms with van der Waals surface area (Å²) in [6.45, 7) is 1.16. The molecule has 0 saturated carbocycles. The molecular weight excluding hydrogens is 362 g/mol. The average Bonchev–Trinajstić information content (AvgIpc) is 3.12. The molecule has 0 aromatic heterocycles. The highest BCUT2D eigenvalue weighted by atomic mass is 32.2. The van der Waals surface area contributed by atoms with E-state index < -0.39 is 0 Å². The van der Waals surface area contributed by atoms with Gasteiger partial charge in [-0.25, -0.2) is 0 Å². The molecule has 2 aliphatic heterocycles. The van der Waals surface area contributed by atoms with Crippen LogP contribution in [0.1, 0.15) is 28.8 Å². The quantitative estimate of drug-likeness (QED) is 0.854. The third-order valence-electron chi connectivity index (χ3n) is 4.65. The number of benzene rings is 2. The first-order chi connectivity index (χ1) is 13.1. The van der Waals surface area contributed by atoms with E-state index in [1.807, 2.05) is 30.3 Å². The molecule has 3 amide bonds. The Balaban J connectivity index is 1.38. The van der Waals surface area contributed by atoms with Crippen LogP contribution in [0.2, 0.25) is 0 Å². The van der Waals surface area contributed by atoms with E-state index in [1.54, 1.807) is 17.0 Å². The van der Waals surface area contributed by atoms with Gasteiger partial charge in [-0.3, -0.25) is 14.4 Å². The van der Waals surface area contributed by atoms with Crippen LogP contribution in [0.3, 0.4) is 0 Å². The van der Waals surface area contributed by atoms with Gasteiger partial charge in [-0.15, -0.1) is 11.8 Å². The molecule has 2 heterocycles. The smallest absolute Gasteiger partial charge is 0.251 e. The highest BCUT2D eigenvalue weighted by Crippen LogP contribution is 2.32. The van der Waals surface area contributed by atoms with Crippen molar-refractivity contribution in [2.45, 2.75) is 24.3 Å². The van der Waals surface area contributed by atoms with Crippen LogP contribution < -0.4 is 15.5 Å². The largest absolute Gasteiger partial charge is 0.348 e. The number of amides is 3. The summed E-state index contributed by atoms with van der Waals surface area (Å²) in [4.78, 5) is 38.5. The summed E-state index contributed by atoms with van der Waals surface area (Å²) in [5.74, 6) is 0.314. The van der Waals surface area contributed by atoms with Gasteiger partial charge in [0.05, 0.1) is 11.4 Å². The second kappa shape index (κ2) is 7.44. The number of fused-ring (bicyclic) bond motifs is 1. The van der Waals surface area contributed by atoms with Gasteiger partial charge in [-0.05, 0) is 42.3 Å². The topological polar surface area (TPSA) is 78.5 Å². The van der Waals surface area contributed by atoms with E-state index in [4.69, 9.17) is 0 Å². The zero-order chi connectivity index (χ0) is 18.8. The molecule has 1 saturated heterocycles. The summed E-state index contributed by atoms with van der Waals surface area (Å²) in [7, 11) is 0. The van der Waals surface area contributed by atoms with Crippen molar-refractivity contribution in [2.75, 3.05) is 22.5 Å². The van der Waals surface area contributed by atoms with E-state index in [0.717, 1.165) is 29.1 Å². The number of nitrogens with zero attached hydrogens (tertiary/aromatic N) is 1. The number of anilines is 2. The van der Waals surface area contributed by atoms with E-state index in [-0.39, 0.29) is 17.7 Å². The molecule has 0 unspecified atom stereocenters. The van der Waals surface area contributed by atoms with Crippen LogP contribution in [0, 0.1) is 0 Å². The van der Waals surface area contributed by atoms with Gasteiger partial charge in [0.2, 0.25) is 11.8 Å². The minimum atomic E-state index is -0.193. The standard InChI is InChI=1S/C20H19N3O3S/c24-18-12-27-17-8-5-14(10-16(17)22-18)20(26)21-11-13-3-6-15(7-4-13)23-9-1-2-19(23)25/h3-8,10H,1-2,9,11-12H2,(H,21,26)(H,22,24). The molecule has 2 N–H and O–H groups in total. The maximum Gasteiger partial charge on any atom is 0.251 e. The molecule has 2 aliphatic rings. The first-order valence-electron chi connectivity index (χ1n) is 8.84. The Kier molecular flexibility index (Phi) is 4.85. The summed E-state index contributed by atoms with van der Waals surface area (Å²) >= 11 is 1.47. The van der Waals surface area contributed by atoms with Gasteiger partial charge < -0.3 is 15.5 Å². The number of carbonyl (C=O) groups is 3. The maximum atomic E-state index is 12.4. The number of hydrogen-bond acceptors (Lipinski definition) is 4. The number of rotatable bonds is 4. The van der Waals surface area contributed by atoms with Crippen molar-refractivity contribution in [2.24, 2.45) is 0 Å². The van der Waals surface area contributed by atoms with Crippen molar-refractivity contribution < 1.29 is 14.4 Å². The second-order valence-electron chi connectivity index (χ2n) is 6.55. The highest BCUT2D eigenvalue weighted by molar-refractivity contribution is 8.00. The maximum absolute atomic E-state index is 12.4. The van der Waals surface area contributed by atoms with Gasteiger partial charge in [0.25, 0.3) is 5.91 Å². The first-order valence-corrected chi connectivity index (χ1v) is 9.83. The number of nitrogens with one attached hydrogen (secondary N) is 2. The third kappa shape index (κ3) is 3.83. The Morgan fingerprint density at radius 1 is 1.15 bits per heavy atom. The van der Waals surface area contributed by atoms with E-state index >= 15 is 0 Å². The molecule has 7 heteroatoms. The Hall–Kier alpha value is -2.80. The van der Waals surface area contributed by atoms with Crippen molar-refractivity contribution in [1.82, 2.24) is 5.32 Å². The zero-order valence-electron chi connectivity index (χ0n) is 14.7. The molecule has 1 fully saturated rings. The molecule has 0 atom stereocenters. The van der Waals surface area contributed by atoms with E-state index in [9.17, 15) is 14.4 Å². The highest BCUT2D eigenvalue weighted by Gasteiger charge is 2.21. The van der Waals surface area contributed by atoms with Crippen molar-refractivity contribution in [3.05, 3.63) is 53.6 Å². The molecule has 27 heavy (non-hydrogen) atoms. The molecule has 6 nitrogen and oxygen atoms in total. The lowest BCUT2D eigenvalue weighted by Crippen LogP contribution is -2.25. The second-order valence-corrected chi connectivity index (χ2v) is 7.56. The molecule has 0 radical (unpaired) electrons. The molecular formula is C20H19N3O3S. The molecule has 2 aromatic carbocycles. The van der Waals surface area contributed by atoms with Gasteiger partial charge in [0, 0.05) is 35.7 Å². The van der Waals surface area contributed by atoms with Crippen molar-refractivity contribution in [1.29, 1.82) is 0 Å². The molecule has 0 aliphatic carbocycles. The van der Waals surface area contributed by atoms with E-state index in [2.05, 4.69) is 10.6 Å². The lowest BCUT2D eigenvalue weighted by Gasteiger charge is -2.17. The van der Waals surface area contributed by atoms with Crippen LogP contribution >= 0.6 is 11.8 Å². The molecule has 2 aromatic rings. The molecule has 138 valence electrons. The molecule has 0 bridgehead atoms. The average molecular weight is 381 g/mol. The summed E-state index contributed by atoms with van der Waals surface area (Å²) in [5, 5.41) is 5.69. The minimum Gasteiger partial charge on any atom is -0.348 e. The molecule has 4 rings (SSSR count). The summed E-state index contributed by atoms with van der Waals surface area (Å²) < 4.78 is 0. The monoisotopic (exact) mass is 381 g/mol. The van der Waals surface area contributed by atoms with Crippen LogP contribution in [0.15, 0.2) is 47.4 Å². The fraction of sp³-hybridized carbons (Fsp3) is 0.250. The van der Waals surface area contributed by atoms with Gasteiger partial charge in [0.1, 0.15) is 0 Å². The summed E-state index contributed by atoms with van der Waals surface area (Å²) in [5.41, 5.74) is 3.05. The Bertz CT molecular complexity index is 911.